The number of epoxide rings is 1. The molecule has 1 aliphatic rings. The molecule has 1 aromatic heterocycles. The van der Waals surface area contributed by atoms with Gasteiger partial charge >= 0.3 is 12.0 Å². The summed E-state index contributed by atoms with van der Waals surface area (Å²) in [6.45, 7) is 2.11. The Labute approximate surface area is 108 Å². The van der Waals surface area contributed by atoms with Gasteiger partial charge in [0.15, 0.2) is 18.0 Å². The molecule has 0 aromatic carbocycles. The minimum absolute atomic E-state index is 0.106. The van der Waals surface area contributed by atoms with Crippen molar-refractivity contribution in [3.8, 4) is 0 Å². The maximum Gasteiger partial charge on any atom is 0.435 e. The van der Waals surface area contributed by atoms with Gasteiger partial charge in [0, 0.05) is 7.05 Å². The van der Waals surface area contributed by atoms with E-state index < -0.39 is 16.6 Å². The Bertz CT molecular complexity index is 534. The van der Waals surface area contributed by atoms with Gasteiger partial charge in [0.2, 0.25) is 0 Å². The van der Waals surface area contributed by atoms with Gasteiger partial charge in [-0.15, -0.1) is 0 Å². The molecular weight excluding hydrogens is 256 g/mol. The first kappa shape index (κ1) is 13.3. The highest BCUT2D eigenvalue weighted by Crippen LogP contribution is 2.40. The third kappa shape index (κ3) is 2.36. The topological polar surface area (TPSA) is 112 Å². The van der Waals surface area contributed by atoms with Gasteiger partial charge in [-0.05, 0) is 11.8 Å². The molecule has 0 radical (unpaired) electrons. The fraction of sp³-hybridized carbons (Fsp3) is 0.600. The molecule has 2 rings (SSSR count). The summed E-state index contributed by atoms with van der Waals surface area (Å²) in [6.07, 6.45) is -0.614. The first-order valence-corrected chi connectivity index (χ1v) is 5.58. The number of carbonyl (C=O) groups excluding carboxylic acids is 1. The maximum atomic E-state index is 11.1. The minimum atomic E-state index is -0.632. The van der Waals surface area contributed by atoms with Crippen LogP contribution in [0.2, 0.25) is 0 Å². The third-order valence-electron chi connectivity index (χ3n) is 2.98. The second-order valence-corrected chi connectivity index (χ2v) is 4.37. The van der Waals surface area contributed by atoms with Gasteiger partial charge in [-0.2, -0.15) is 0 Å². The summed E-state index contributed by atoms with van der Waals surface area (Å²) in [5, 5.41) is 13.2. The van der Waals surface area contributed by atoms with E-state index in [1.54, 1.807) is 6.92 Å². The van der Waals surface area contributed by atoms with Crippen molar-refractivity contribution in [3.05, 3.63) is 21.5 Å². The minimum Gasteiger partial charge on any atom is -0.441 e. The Morgan fingerprint density at radius 2 is 2.37 bits per heavy atom. The molecule has 9 heteroatoms. The summed E-state index contributed by atoms with van der Waals surface area (Å²) >= 11 is 0. The average Bonchev–Trinajstić information content (AvgIpc) is 3.00. The molecule has 104 valence electrons. The van der Waals surface area contributed by atoms with Crippen molar-refractivity contribution < 1.29 is 19.2 Å². The first-order valence-electron chi connectivity index (χ1n) is 5.58. The summed E-state index contributed by atoms with van der Waals surface area (Å²) in [7, 11) is 2.93. The van der Waals surface area contributed by atoms with Crippen molar-refractivity contribution in [2.75, 3.05) is 13.7 Å². The molecule has 1 aromatic rings. The largest absolute Gasteiger partial charge is 0.441 e. The van der Waals surface area contributed by atoms with Crippen LogP contribution in [0.4, 0.5) is 10.7 Å². The van der Waals surface area contributed by atoms with E-state index in [0.29, 0.717) is 18.0 Å². The highest BCUT2D eigenvalue weighted by molar-refractivity contribution is 5.66. The van der Waals surface area contributed by atoms with E-state index in [2.05, 4.69) is 10.3 Å². The highest BCUT2D eigenvalue weighted by atomic mass is 16.6. The molecule has 1 amide bonds. The zero-order chi connectivity index (χ0) is 14.2. The standard InChI is InChI=1S/C10H14N4O5/c1-10(5-19-10)7-6(4-18-9(15)11-2)13(3)8(12-7)14(16)17/h4-5H2,1-3H3,(H,11,15). The lowest BCUT2D eigenvalue weighted by atomic mass is 10.1. The summed E-state index contributed by atoms with van der Waals surface area (Å²) < 4.78 is 11.5. The van der Waals surface area contributed by atoms with E-state index in [1.165, 1.54) is 18.7 Å². The molecule has 0 spiro atoms. The van der Waals surface area contributed by atoms with Crippen LogP contribution in [-0.2, 0) is 28.7 Å². The van der Waals surface area contributed by atoms with Gasteiger partial charge in [-0.3, -0.25) is 0 Å². The molecule has 1 saturated heterocycles. The van der Waals surface area contributed by atoms with Crippen LogP contribution < -0.4 is 5.32 Å². The summed E-state index contributed by atoms with van der Waals surface area (Å²) in [5.41, 5.74) is 0.258. The van der Waals surface area contributed by atoms with Crippen LogP contribution in [0.3, 0.4) is 0 Å². The third-order valence-corrected chi connectivity index (χ3v) is 2.98. The Hall–Kier alpha value is -2.16. The number of ether oxygens (including phenoxy) is 2. The Balaban J connectivity index is 2.33. The molecule has 2 heterocycles. The van der Waals surface area contributed by atoms with Gasteiger partial charge in [0.05, 0.1) is 13.7 Å². The number of alkyl carbamates (subject to hydrolysis) is 1. The molecule has 1 unspecified atom stereocenters. The number of nitro groups is 1. The molecular formula is C10H14N4O5. The monoisotopic (exact) mass is 270 g/mol. The first-order chi connectivity index (χ1) is 8.89. The van der Waals surface area contributed by atoms with E-state index >= 15 is 0 Å². The molecule has 9 nitrogen and oxygen atoms in total. The number of amides is 1. The summed E-state index contributed by atoms with van der Waals surface area (Å²) in [5.74, 6) is -0.303. The fourth-order valence-corrected chi connectivity index (χ4v) is 1.72. The molecule has 1 N–H and O–H groups in total. The van der Waals surface area contributed by atoms with E-state index in [-0.39, 0.29) is 12.6 Å². The maximum absolute atomic E-state index is 11.1. The molecule has 19 heavy (non-hydrogen) atoms. The molecule has 1 aliphatic heterocycles. The van der Waals surface area contributed by atoms with Crippen molar-refractivity contribution in [3.63, 3.8) is 0 Å². The van der Waals surface area contributed by atoms with Gasteiger partial charge in [0.1, 0.15) is 5.60 Å². The van der Waals surface area contributed by atoms with Gasteiger partial charge in [-0.1, -0.05) is 4.98 Å². The zero-order valence-corrected chi connectivity index (χ0v) is 10.8. The molecule has 0 bridgehead atoms. The number of hydrogen-bond donors (Lipinski definition) is 1. The smallest absolute Gasteiger partial charge is 0.435 e. The summed E-state index contributed by atoms with van der Waals surface area (Å²) in [4.78, 5) is 25.4. The lowest BCUT2D eigenvalue weighted by Gasteiger charge is -2.05. The van der Waals surface area contributed by atoms with E-state index in [0.717, 1.165) is 0 Å². The number of nitrogens with one attached hydrogen (secondary N) is 1. The number of imidazole rings is 1. The Morgan fingerprint density at radius 3 is 2.84 bits per heavy atom. The van der Waals surface area contributed by atoms with Crippen LogP contribution in [0.1, 0.15) is 18.3 Å². The van der Waals surface area contributed by atoms with Crippen LogP contribution in [0, 0.1) is 10.1 Å². The molecule has 1 atom stereocenters. The molecule has 0 aliphatic carbocycles. The quantitative estimate of drug-likeness (QED) is 0.482. The summed E-state index contributed by atoms with van der Waals surface area (Å²) in [6, 6.07) is 0. The normalized spacial score (nSPS) is 21.0. The predicted molar refractivity (Wildman–Crippen MR) is 62.4 cm³/mol. The SMILES string of the molecule is CNC(=O)OCc1c(C2(C)CO2)nc([N+](=O)[O-])n1C. The second-order valence-electron chi connectivity index (χ2n) is 4.37. The second kappa shape index (κ2) is 4.50. The molecule has 1 fully saturated rings. The van der Waals surface area contributed by atoms with Crippen LogP contribution in [0.25, 0.3) is 0 Å². The Kier molecular flexibility index (Phi) is 3.14. The predicted octanol–water partition coefficient (Wildman–Crippen LogP) is 0.430. The number of rotatable bonds is 4. The average molecular weight is 270 g/mol. The van der Waals surface area contributed by atoms with Crippen LogP contribution in [0.15, 0.2) is 0 Å². The lowest BCUT2D eigenvalue weighted by molar-refractivity contribution is -0.396. The van der Waals surface area contributed by atoms with Gasteiger partial charge < -0.3 is 24.9 Å². The fourth-order valence-electron chi connectivity index (χ4n) is 1.72. The van der Waals surface area contributed by atoms with E-state index in [1.807, 2.05) is 0 Å². The number of hydrogen-bond acceptors (Lipinski definition) is 6. The zero-order valence-electron chi connectivity index (χ0n) is 10.8. The van der Waals surface area contributed by atoms with Gasteiger partial charge in [-0.25, -0.2) is 9.36 Å². The number of aromatic nitrogens is 2. The van der Waals surface area contributed by atoms with Crippen molar-refractivity contribution >= 4 is 12.0 Å². The van der Waals surface area contributed by atoms with Crippen molar-refractivity contribution in [1.82, 2.24) is 14.9 Å². The van der Waals surface area contributed by atoms with Crippen LogP contribution in [-0.4, -0.2) is 34.2 Å². The Morgan fingerprint density at radius 1 is 1.74 bits per heavy atom. The van der Waals surface area contributed by atoms with Crippen LogP contribution >= 0.6 is 0 Å². The van der Waals surface area contributed by atoms with Crippen LogP contribution in [0.5, 0.6) is 0 Å². The van der Waals surface area contributed by atoms with E-state index in [4.69, 9.17) is 9.47 Å². The molecule has 0 saturated carbocycles. The van der Waals surface area contributed by atoms with Crippen molar-refractivity contribution in [1.29, 1.82) is 0 Å². The number of carbonyl (C=O) groups is 1. The van der Waals surface area contributed by atoms with Gasteiger partial charge in [0.25, 0.3) is 0 Å². The van der Waals surface area contributed by atoms with E-state index in [9.17, 15) is 14.9 Å². The lowest BCUT2D eigenvalue weighted by Crippen LogP contribution is -2.20. The number of nitrogens with zero attached hydrogens (tertiary/aromatic N) is 3. The highest BCUT2D eigenvalue weighted by Gasteiger charge is 2.50. The van der Waals surface area contributed by atoms with Crippen molar-refractivity contribution in [2.45, 2.75) is 19.1 Å². The van der Waals surface area contributed by atoms with Crippen molar-refractivity contribution in [2.24, 2.45) is 7.05 Å².